The third kappa shape index (κ3) is 4.80. The maximum Gasteiger partial charge on any atom is 0.226 e. The van der Waals surface area contributed by atoms with Gasteiger partial charge in [0.25, 0.3) is 0 Å². The average molecular weight is 324 g/mol. The van der Waals surface area contributed by atoms with Gasteiger partial charge in [-0.05, 0) is 43.8 Å². The molecule has 0 aliphatic heterocycles. The summed E-state index contributed by atoms with van der Waals surface area (Å²) in [6.07, 6.45) is 2.79. The second kappa shape index (κ2) is 8.65. The van der Waals surface area contributed by atoms with Gasteiger partial charge in [-0.25, -0.2) is 0 Å². The monoisotopic (exact) mass is 323 g/mol. The fraction of sp³-hybridized carbons (Fsp3) is 0.706. The molecule has 1 heterocycles. The van der Waals surface area contributed by atoms with Gasteiger partial charge in [0.05, 0.1) is 6.54 Å². The van der Waals surface area contributed by atoms with Crippen molar-refractivity contribution >= 4 is 17.2 Å². The first-order valence-corrected chi connectivity index (χ1v) is 9.31. The van der Waals surface area contributed by atoms with Crippen molar-refractivity contribution < 1.29 is 4.79 Å². The molecule has 0 saturated heterocycles. The van der Waals surface area contributed by atoms with Gasteiger partial charge in [0.2, 0.25) is 5.91 Å². The van der Waals surface area contributed by atoms with Gasteiger partial charge in [0.1, 0.15) is 0 Å². The molecule has 2 N–H and O–H groups in total. The lowest BCUT2D eigenvalue weighted by molar-refractivity contribution is -0.136. The van der Waals surface area contributed by atoms with Gasteiger partial charge in [0.15, 0.2) is 0 Å². The van der Waals surface area contributed by atoms with Gasteiger partial charge >= 0.3 is 0 Å². The van der Waals surface area contributed by atoms with Crippen LogP contribution in [-0.2, 0) is 11.3 Å². The molecular formula is C17H29N3OS. The maximum absolute atomic E-state index is 12.9. The number of thiophene rings is 1. The number of hydrogen-bond donors (Lipinski definition) is 1. The van der Waals surface area contributed by atoms with Crippen LogP contribution < -0.4 is 5.73 Å². The Morgan fingerprint density at radius 2 is 2.09 bits per heavy atom. The van der Waals surface area contributed by atoms with E-state index in [0.717, 1.165) is 52.0 Å². The molecule has 1 saturated carbocycles. The predicted octanol–water partition coefficient (Wildman–Crippen LogP) is 2.55. The number of carbonyl (C=O) groups excluding carboxylic acids is 1. The zero-order valence-corrected chi connectivity index (χ0v) is 14.6. The number of likely N-dealkylation sites (N-methyl/N-ethyl adjacent to an activating group) is 1. The lowest BCUT2D eigenvalue weighted by Gasteiger charge is -2.28. The van der Waals surface area contributed by atoms with Crippen LogP contribution in [0.15, 0.2) is 17.5 Å². The number of amides is 1. The molecule has 0 bridgehead atoms. The summed E-state index contributed by atoms with van der Waals surface area (Å²) >= 11 is 1.73. The van der Waals surface area contributed by atoms with Crippen molar-refractivity contribution in [1.82, 2.24) is 9.80 Å². The Kier molecular flexibility index (Phi) is 6.86. The molecule has 5 heteroatoms. The minimum Gasteiger partial charge on any atom is -0.336 e. The van der Waals surface area contributed by atoms with Crippen LogP contribution in [0.5, 0.6) is 0 Å². The molecule has 1 aliphatic rings. The summed E-state index contributed by atoms with van der Waals surface area (Å²) in [5, 5.41) is 2.08. The highest BCUT2D eigenvalue weighted by Gasteiger charge is 2.31. The van der Waals surface area contributed by atoms with Crippen LogP contribution >= 0.6 is 11.3 Å². The third-order valence-electron chi connectivity index (χ3n) is 4.64. The molecule has 0 radical (unpaired) electrons. The third-order valence-corrected chi connectivity index (χ3v) is 5.50. The fourth-order valence-electron chi connectivity index (χ4n) is 3.16. The van der Waals surface area contributed by atoms with Crippen molar-refractivity contribution in [2.24, 2.45) is 11.7 Å². The molecule has 2 rings (SSSR count). The second-order valence-electron chi connectivity index (χ2n) is 6.14. The highest BCUT2D eigenvalue weighted by Crippen LogP contribution is 2.27. The molecule has 2 unspecified atom stereocenters. The normalized spacial score (nSPS) is 21.5. The first-order valence-electron chi connectivity index (χ1n) is 8.43. The smallest absolute Gasteiger partial charge is 0.226 e. The Morgan fingerprint density at radius 3 is 2.64 bits per heavy atom. The lowest BCUT2D eigenvalue weighted by atomic mass is 10.1. The quantitative estimate of drug-likeness (QED) is 0.800. The van der Waals surface area contributed by atoms with Crippen LogP contribution in [0, 0.1) is 5.92 Å². The molecule has 22 heavy (non-hydrogen) atoms. The molecule has 1 fully saturated rings. The summed E-state index contributed by atoms with van der Waals surface area (Å²) in [7, 11) is 0. The minimum absolute atomic E-state index is 0.131. The van der Waals surface area contributed by atoms with Crippen molar-refractivity contribution in [1.29, 1.82) is 0 Å². The standard InChI is InChI=1S/C17H29N3OS/c1-3-19(4-2)9-10-20(13-16-6-5-11-22-16)17(21)14-7-8-15(18)12-14/h5-6,11,14-15H,3-4,7-10,12-13,18H2,1-2H3. The largest absolute Gasteiger partial charge is 0.336 e. The second-order valence-corrected chi connectivity index (χ2v) is 7.17. The molecule has 4 nitrogen and oxygen atoms in total. The molecule has 1 amide bonds. The molecule has 2 atom stereocenters. The summed E-state index contributed by atoms with van der Waals surface area (Å²) in [4.78, 5) is 18.5. The number of nitrogens with zero attached hydrogens (tertiary/aromatic N) is 2. The molecule has 0 spiro atoms. The number of nitrogens with two attached hydrogens (primary N) is 1. The minimum atomic E-state index is 0.131. The van der Waals surface area contributed by atoms with Crippen molar-refractivity contribution in [3.8, 4) is 0 Å². The van der Waals surface area contributed by atoms with E-state index < -0.39 is 0 Å². The zero-order chi connectivity index (χ0) is 15.9. The van der Waals surface area contributed by atoms with Gasteiger partial charge in [-0.1, -0.05) is 19.9 Å². The SMILES string of the molecule is CCN(CC)CCN(Cc1cccs1)C(=O)C1CCC(N)C1. The first kappa shape index (κ1) is 17.4. The number of hydrogen-bond acceptors (Lipinski definition) is 4. The van der Waals surface area contributed by atoms with Gasteiger partial charge in [0, 0.05) is 29.9 Å². The Hall–Kier alpha value is -0.910. The predicted molar refractivity (Wildman–Crippen MR) is 92.8 cm³/mol. The summed E-state index contributed by atoms with van der Waals surface area (Å²) in [6, 6.07) is 4.38. The van der Waals surface area contributed by atoms with Gasteiger partial charge in [-0.15, -0.1) is 11.3 Å². The molecule has 1 aromatic heterocycles. The van der Waals surface area contributed by atoms with E-state index in [1.54, 1.807) is 11.3 Å². The van der Waals surface area contributed by atoms with Crippen molar-refractivity contribution in [2.75, 3.05) is 26.2 Å². The van der Waals surface area contributed by atoms with E-state index in [9.17, 15) is 4.79 Å². The summed E-state index contributed by atoms with van der Waals surface area (Å²) in [6.45, 7) is 8.91. The Labute approximate surface area is 138 Å². The Balaban J connectivity index is 1.98. The fourth-order valence-corrected chi connectivity index (χ4v) is 3.88. The molecule has 124 valence electrons. The lowest BCUT2D eigenvalue weighted by Crippen LogP contribution is -2.40. The van der Waals surface area contributed by atoms with E-state index in [0.29, 0.717) is 5.91 Å². The summed E-state index contributed by atoms with van der Waals surface area (Å²) < 4.78 is 0. The van der Waals surface area contributed by atoms with Crippen LogP contribution in [-0.4, -0.2) is 47.9 Å². The van der Waals surface area contributed by atoms with Crippen molar-refractivity contribution in [3.05, 3.63) is 22.4 Å². The first-order chi connectivity index (χ1) is 10.6. The highest BCUT2D eigenvalue weighted by molar-refractivity contribution is 7.09. The van der Waals surface area contributed by atoms with E-state index in [1.165, 1.54) is 4.88 Å². The maximum atomic E-state index is 12.9. The van der Waals surface area contributed by atoms with E-state index in [2.05, 4.69) is 36.3 Å². The summed E-state index contributed by atoms with van der Waals surface area (Å²) in [5.74, 6) is 0.431. The summed E-state index contributed by atoms with van der Waals surface area (Å²) in [5.41, 5.74) is 5.99. The Bertz CT molecular complexity index is 445. The molecule has 1 aromatic rings. The van der Waals surface area contributed by atoms with Crippen LogP contribution in [0.4, 0.5) is 0 Å². The van der Waals surface area contributed by atoms with E-state index >= 15 is 0 Å². The van der Waals surface area contributed by atoms with Crippen LogP contribution in [0.1, 0.15) is 38.0 Å². The Morgan fingerprint density at radius 1 is 1.32 bits per heavy atom. The van der Waals surface area contributed by atoms with Crippen LogP contribution in [0.3, 0.4) is 0 Å². The molecular weight excluding hydrogens is 294 g/mol. The van der Waals surface area contributed by atoms with Gasteiger partial charge in [-0.2, -0.15) is 0 Å². The topological polar surface area (TPSA) is 49.6 Å². The van der Waals surface area contributed by atoms with E-state index in [-0.39, 0.29) is 12.0 Å². The average Bonchev–Trinajstić information content (AvgIpc) is 3.18. The van der Waals surface area contributed by atoms with Gasteiger partial charge < -0.3 is 15.5 Å². The van der Waals surface area contributed by atoms with Crippen molar-refractivity contribution in [3.63, 3.8) is 0 Å². The van der Waals surface area contributed by atoms with Crippen LogP contribution in [0.2, 0.25) is 0 Å². The van der Waals surface area contributed by atoms with E-state index in [1.807, 2.05) is 4.90 Å². The molecule has 0 aromatic carbocycles. The number of rotatable bonds is 8. The highest BCUT2D eigenvalue weighted by atomic mass is 32.1. The molecule has 1 aliphatic carbocycles. The van der Waals surface area contributed by atoms with Crippen LogP contribution in [0.25, 0.3) is 0 Å². The zero-order valence-electron chi connectivity index (χ0n) is 13.8. The van der Waals surface area contributed by atoms with E-state index in [4.69, 9.17) is 5.73 Å². The van der Waals surface area contributed by atoms with Crippen molar-refractivity contribution in [2.45, 2.75) is 45.7 Å². The number of carbonyl (C=O) groups is 1. The van der Waals surface area contributed by atoms with Gasteiger partial charge in [-0.3, -0.25) is 4.79 Å².